The summed E-state index contributed by atoms with van der Waals surface area (Å²) in [5.74, 6) is 0. The van der Waals surface area contributed by atoms with Crippen LogP contribution in [0.5, 0.6) is 0 Å². The molecule has 12 heavy (non-hydrogen) atoms. The first-order valence-electron chi connectivity index (χ1n) is 3.33. The molecule has 2 rings (SSSR count). The normalized spacial score (nSPS) is 6.67. The van der Waals surface area contributed by atoms with Gasteiger partial charge in [0.2, 0.25) is 0 Å². The third-order valence-electron chi connectivity index (χ3n) is 1.11. The molecule has 0 heterocycles. The first kappa shape index (κ1) is 14.4. The SMILES string of the molecule is [Fe].[Rh].[cH-]1[cH-][cH-][cH-][cH-]1.c1cc[cH-]c1. The van der Waals surface area contributed by atoms with E-state index in [2.05, 4.69) is 0 Å². The molecule has 0 aliphatic heterocycles. The standard InChI is InChI=1S/2C5H5.Fe.Rh/c2*1-2-4-5-3-1;;/h2*1-5H;;/q-5;-1;;. The molecule has 0 spiro atoms. The second-order valence-electron chi connectivity index (χ2n) is 1.92. The molecule has 0 nitrogen and oxygen atoms in total. The van der Waals surface area contributed by atoms with Crippen LogP contribution in [0.25, 0.3) is 0 Å². The van der Waals surface area contributed by atoms with Gasteiger partial charge in [-0.1, -0.05) is 0 Å². The van der Waals surface area contributed by atoms with Crippen molar-refractivity contribution >= 4 is 0 Å². The molecule has 73 valence electrons. The summed E-state index contributed by atoms with van der Waals surface area (Å²) in [6, 6.07) is 20.0. The summed E-state index contributed by atoms with van der Waals surface area (Å²) < 4.78 is 0. The van der Waals surface area contributed by atoms with Crippen LogP contribution in [-0.4, -0.2) is 0 Å². The van der Waals surface area contributed by atoms with Gasteiger partial charge in [-0.15, -0.1) is 0 Å². The van der Waals surface area contributed by atoms with Crippen molar-refractivity contribution in [2.45, 2.75) is 0 Å². The van der Waals surface area contributed by atoms with E-state index in [4.69, 9.17) is 0 Å². The maximum absolute atomic E-state index is 2.00. The van der Waals surface area contributed by atoms with Crippen LogP contribution < -0.4 is 0 Å². The minimum absolute atomic E-state index is 0. The average Bonchev–Trinajstić information content (AvgIpc) is 2.67. The molecule has 0 saturated heterocycles. The molecule has 2 aromatic carbocycles. The second kappa shape index (κ2) is 10.8. The first-order chi connectivity index (χ1) is 5.00. The van der Waals surface area contributed by atoms with Crippen molar-refractivity contribution in [2.24, 2.45) is 0 Å². The summed E-state index contributed by atoms with van der Waals surface area (Å²) in [6.07, 6.45) is 0. The van der Waals surface area contributed by atoms with Gasteiger partial charge in [-0.3, -0.25) is 0 Å². The Morgan fingerprint density at radius 2 is 1.00 bits per heavy atom. The zero-order chi connectivity index (χ0) is 7.07. The predicted molar refractivity (Wildman–Crippen MR) is 44.1 cm³/mol. The van der Waals surface area contributed by atoms with Crippen molar-refractivity contribution < 1.29 is 36.5 Å². The van der Waals surface area contributed by atoms with E-state index >= 15 is 0 Å². The summed E-state index contributed by atoms with van der Waals surface area (Å²) >= 11 is 0. The van der Waals surface area contributed by atoms with Crippen molar-refractivity contribution in [1.82, 2.24) is 0 Å². The molecule has 0 amide bonds. The molecule has 0 unspecified atom stereocenters. The summed E-state index contributed by atoms with van der Waals surface area (Å²) in [5, 5.41) is 0. The van der Waals surface area contributed by atoms with E-state index < -0.39 is 0 Å². The monoisotopic (exact) mass is 289 g/mol. The Bertz CT molecular complexity index is 149. The molecule has 0 N–H and O–H groups in total. The Hall–Kier alpha value is -0.157. The van der Waals surface area contributed by atoms with Crippen LogP contribution in [0.2, 0.25) is 0 Å². The molecular formula is C10H10FeRh-6. The third kappa shape index (κ3) is 7.94. The third-order valence-corrected chi connectivity index (χ3v) is 1.11. The van der Waals surface area contributed by atoms with Crippen molar-refractivity contribution in [2.75, 3.05) is 0 Å². The fourth-order valence-corrected chi connectivity index (χ4v) is 0.642. The second-order valence-corrected chi connectivity index (χ2v) is 1.92. The summed E-state index contributed by atoms with van der Waals surface area (Å²) in [7, 11) is 0. The summed E-state index contributed by atoms with van der Waals surface area (Å²) in [6.45, 7) is 0. The van der Waals surface area contributed by atoms with Gasteiger partial charge in [0.1, 0.15) is 0 Å². The molecule has 2 aromatic rings. The van der Waals surface area contributed by atoms with E-state index in [1.165, 1.54) is 0 Å². The van der Waals surface area contributed by atoms with Gasteiger partial charge in [0.25, 0.3) is 0 Å². The molecule has 0 bridgehead atoms. The molecular weight excluding hydrogens is 279 g/mol. The Morgan fingerprint density at radius 3 is 1.17 bits per heavy atom. The van der Waals surface area contributed by atoms with Crippen LogP contribution in [0.15, 0.2) is 60.7 Å². The maximum Gasteiger partial charge on any atom is 0 e. The van der Waals surface area contributed by atoms with Crippen LogP contribution in [0.3, 0.4) is 0 Å². The van der Waals surface area contributed by atoms with Gasteiger partial charge < -0.3 is 30.3 Å². The summed E-state index contributed by atoms with van der Waals surface area (Å²) in [5.41, 5.74) is 0. The number of hydrogen-bond acceptors (Lipinski definition) is 0. The van der Waals surface area contributed by atoms with Crippen molar-refractivity contribution in [1.29, 1.82) is 0 Å². The van der Waals surface area contributed by atoms with E-state index in [9.17, 15) is 0 Å². The van der Waals surface area contributed by atoms with Gasteiger partial charge in [0.15, 0.2) is 0 Å². The zero-order valence-corrected chi connectivity index (χ0v) is 9.20. The van der Waals surface area contributed by atoms with Gasteiger partial charge in [0.05, 0.1) is 0 Å². The van der Waals surface area contributed by atoms with Gasteiger partial charge in [-0.05, 0) is 0 Å². The molecule has 0 aliphatic rings. The predicted octanol–water partition coefficient (Wildman–Crippen LogP) is 2.81. The van der Waals surface area contributed by atoms with Crippen LogP contribution >= 0.6 is 0 Å². The number of rotatable bonds is 0. The fraction of sp³-hybridized carbons (Fsp3) is 0. The van der Waals surface area contributed by atoms with E-state index in [0.717, 1.165) is 0 Å². The molecule has 0 fully saturated rings. The van der Waals surface area contributed by atoms with Gasteiger partial charge in [-0.25, -0.2) is 12.1 Å². The Kier molecular flexibility index (Phi) is 13.0. The Morgan fingerprint density at radius 1 is 0.667 bits per heavy atom. The van der Waals surface area contributed by atoms with Crippen LogP contribution in [0.1, 0.15) is 0 Å². The zero-order valence-electron chi connectivity index (χ0n) is 6.46. The van der Waals surface area contributed by atoms with Gasteiger partial charge in [0, 0.05) is 36.5 Å². The number of hydrogen-bond donors (Lipinski definition) is 0. The van der Waals surface area contributed by atoms with E-state index in [1.54, 1.807) is 0 Å². The summed E-state index contributed by atoms with van der Waals surface area (Å²) in [4.78, 5) is 0. The molecule has 0 aliphatic carbocycles. The fourth-order valence-electron chi connectivity index (χ4n) is 0.642. The van der Waals surface area contributed by atoms with Crippen LogP contribution in [-0.2, 0) is 36.5 Å². The van der Waals surface area contributed by atoms with Crippen molar-refractivity contribution in [3.8, 4) is 0 Å². The topological polar surface area (TPSA) is 0 Å². The molecule has 2 heteroatoms. The molecule has 1 radical (unpaired) electrons. The molecule has 0 saturated carbocycles. The van der Waals surface area contributed by atoms with E-state index in [0.29, 0.717) is 0 Å². The van der Waals surface area contributed by atoms with Crippen LogP contribution in [0.4, 0.5) is 0 Å². The maximum atomic E-state index is 2.00. The van der Waals surface area contributed by atoms with Gasteiger partial charge in [-0.2, -0.15) is 18.2 Å². The molecule has 0 atom stereocenters. The van der Waals surface area contributed by atoms with Crippen molar-refractivity contribution in [3.05, 3.63) is 60.7 Å². The van der Waals surface area contributed by atoms with Gasteiger partial charge >= 0.3 is 0 Å². The first-order valence-corrected chi connectivity index (χ1v) is 3.33. The largest absolute Gasteiger partial charge is 0.748 e. The Labute approximate surface area is 97.0 Å². The Balaban J connectivity index is 0. The minimum atomic E-state index is 0. The van der Waals surface area contributed by atoms with E-state index in [1.807, 2.05) is 60.7 Å². The quantitative estimate of drug-likeness (QED) is 0.517. The minimum Gasteiger partial charge on any atom is -0.748 e. The smallest absolute Gasteiger partial charge is 0 e. The molecule has 0 aromatic heterocycles. The van der Waals surface area contributed by atoms with E-state index in [-0.39, 0.29) is 36.5 Å². The average molecular weight is 289 g/mol. The van der Waals surface area contributed by atoms with Crippen molar-refractivity contribution in [3.63, 3.8) is 0 Å². The van der Waals surface area contributed by atoms with Crippen LogP contribution in [0, 0.1) is 0 Å².